The van der Waals surface area contributed by atoms with E-state index in [0.717, 1.165) is 16.6 Å². The monoisotopic (exact) mass is 296 g/mol. The van der Waals surface area contributed by atoms with Crippen LogP contribution in [0.15, 0.2) is 46.6 Å². The lowest BCUT2D eigenvalue weighted by molar-refractivity contribution is 0.427. The Morgan fingerprint density at radius 3 is 2.71 bits per heavy atom. The Bertz CT molecular complexity index is 931. The first-order valence-electron chi connectivity index (χ1n) is 6.13. The first-order chi connectivity index (χ1) is 10.3. The van der Waals surface area contributed by atoms with Crippen molar-refractivity contribution in [1.29, 1.82) is 0 Å². The molecule has 0 aliphatic carbocycles. The maximum absolute atomic E-state index is 9.69. The number of nitrogens with zero attached hydrogens (tertiary/aromatic N) is 4. The molecule has 0 saturated heterocycles. The first-order valence-corrected chi connectivity index (χ1v) is 7.01. The van der Waals surface area contributed by atoms with E-state index in [-0.39, 0.29) is 5.75 Å². The van der Waals surface area contributed by atoms with E-state index in [1.165, 1.54) is 11.3 Å². The molecular formula is C14H8N4O2S. The van der Waals surface area contributed by atoms with Gasteiger partial charge in [-0.2, -0.15) is 4.98 Å². The quantitative estimate of drug-likeness (QED) is 0.611. The molecule has 6 nitrogen and oxygen atoms in total. The van der Waals surface area contributed by atoms with Gasteiger partial charge in [0.05, 0.1) is 11.0 Å². The molecule has 21 heavy (non-hydrogen) atoms. The largest absolute Gasteiger partial charge is 0.506 e. The summed E-state index contributed by atoms with van der Waals surface area (Å²) in [6, 6.07) is 7.16. The number of rotatable bonds is 2. The third-order valence-corrected chi connectivity index (χ3v) is 3.88. The van der Waals surface area contributed by atoms with Crippen molar-refractivity contribution < 1.29 is 9.63 Å². The van der Waals surface area contributed by atoms with E-state index < -0.39 is 0 Å². The molecule has 0 radical (unpaired) electrons. The standard InChI is InChI=1S/C14H8N4O2S/c19-11-3-6-21-12(11)14-17-13(18-20-14)8-1-2-9-10(7-8)16-5-4-15-9/h1-7,19H. The molecule has 7 heteroatoms. The minimum atomic E-state index is 0.138. The molecule has 3 aromatic heterocycles. The van der Waals surface area contributed by atoms with Crippen LogP contribution < -0.4 is 0 Å². The van der Waals surface area contributed by atoms with Crippen LogP contribution in [0.2, 0.25) is 0 Å². The lowest BCUT2D eigenvalue weighted by atomic mass is 10.2. The van der Waals surface area contributed by atoms with E-state index in [0.29, 0.717) is 16.6 Å². The predicted octanol–water partition coefficient (Wildman–Crippen LogP) is 3.11. The molecule has 102 valence electrons. The fourth-order valence-corrected chi connectivity index (χ4v) is 2.70. The van der Waals surface area contributed by atoms with Gasteiger partial charge < -0.3 is 9.63 Å². The lowest BCUT2D eigenvalue weighted by Gasteiger charge is -1.97. The van der Waals surface area contributed by atoms with Crippen LogP contribution in [-0.4, -0.2) is 25.2 Å². The van der Waals surface area contributed by atoms with Gasteiger partial charge in [0.1, 0.15) is 10.6 Å². The minimum Gasteiger partial charge on any atom is -0.506 e. The summed E-state index contributed by atoms with van der Waals surface area (Å²) < 4.78 is 5.21. The highest BCUT2D eigenvalue weighted by molar-refractivity contribution is 7.13. The van der Waals surface area contributed by atoms with Crippen molar-refractivity contribution in [1.82, 2.24) is 20.1 Å². The van der Waals surface area contributed by atoms with Gasteiger partial charge >= 0.3 is 0 Å². The lowest BCUT2D eigenvalue weighted by Crippen LogP contribution is -1.85. The van der Waals surface area contributed by atoms with Crippen molar-refractivity contribution in [2.45, 2.75) is 0 Å². The van der Waals surface area contributed by atoms with Gasteiger partial charge in [-0.05, 0) is 29.6 Å². The molecule has 0 spiro atoms. The molecule has 3 heterocycles. The Morgan fingerprint density at radius 2 is 1.90 bits per heavy atom. The van der Waals surface area contributed by atoms with E-state index in [1.54, 1.807) is 23.8 Å². The average Bonchev–Trinajstić information content (AvgIpc) is 3.15. The number of hydrogen-bond donors (Lipinski definition) is 1. The Balaban J connectivity index is 1.79. The molecular weight excluding hydrogens is 288 g/mol. The van der Waals surface area contributed by atoms with Crippen LogP contribution in [0.4, 0.5) is 0 Å². The maximum Gasteiger partial charge on any atom is 0.272 e. The van der Waals surface area contributed by atoms with Crippen LogP contribution in [-0.2, 0) is 0 Å². The van der Waals surface area contributed by atoms with E-state index >= 15 is 0 Å². The Morgan fingerprint density at radius 1 is 1.05 bits per heavy atom. The van der Waals surface area contributed by atoms with Gasteiger partial charge in [-0.25, -0.2) is 0 Å². The van der Waals surface area contributed by atoms with Gasteiger partial charge in [0, 0.05) is 18.0 Å². The van der Waals surface area contributed by atoms with Crippen LogP contribution in [0.5, 0.6) is 5.75 Å². The zero-order valence-electron chi connectivity index (χ0n) is 10.6. The van der Waals surface area contributed by atoms with Crippen LogP contribution in [0.3, 0.4) is 0 Å². The molecule has 4 aromatic rings. The normalized spacial score (nSPS) is 11.0. The summed E-state index contributed by atoms with van der Waals surface area (Å²) in [6.07, 6.45) is 3.28. The van der Waals surface area contributed by atoms with Crippen molar-refractivity contribution in [3.63, 3.8) is 0 Å². The van der Waals surface area contributed by atoms with Crippen molar-refractivity contribution in [3.05, 3.63) is 42.0 Å². The fourth-order valence-electron chi connectivity index (χ4n) is 2.00. The smallest absolute Gasteiger partial charge is 0.272 e. The predicted molar refractivity (Wildman–Crippen MR) is 77.8 cm³/mol. The third kappa shape index (κ3) is 2.03. The molecule has 0 unspecified atom stereocenters. The number of aromatic hydroxyl groups is 1. The van der Waals surface area contributed by atoms with Crippen molar-refractivity contribution in [3.8, 4) is 27.9 Å². The van der Waals surface area contributed by atoms with Crippen molar-refractivity contribution in [2.75, 3.05) is 0 Å². The molecule has 0 aliphatic rings. The molecule has 0 atom stereocenters. The van der Waals surface area contributed by atoms with E-state index in [9.17, 15) is 5.11 Å². The molecule has 0 amide bonds. The SMILES string of the molecule is Oc1ccsc1-c1nc(-c2ccc3nccnc3c2)no1. The number of hydrogen-bond acceptors (Lipinski definition) is 7. The second kappa shape index (κ2) is 4.64. The summed E-state index contributed by atoms with van der Waals surface area (Å²) in [7, 11) is 0. The highest BCUT2D eigenvalue weighted by Gasteiger charge is 2.15. The van der Waals surface area contributed by atoms with Crippen LogP contribution in [0.25, 0.3) is 33.2 Å². The molecule has 0 aliphatic heterocycles. The van der Waals surface area contributed by atoms with Gasteiger partial charge in [-0.1, -0.05) is 5.16 Å². The zero-order chi connectivity index (χ0) is 14.2. The molecule has 0 fully saturated rings. The van der Waals surface area contributed by atoms with Gasteiger partial charge in [0.2, 0.25) is 5.82 Å². The summed E-state index contributed by atoms with van der Waals surface area (Å²) >= 11 is 1.35. The van der Waals surface area contributed by atoms with Crippen LogP contribution >= 0.6 is 11.3 Å². The highest BCUT2D eigenvalue weighted by atomic mass is 32.1. The Kier molecular flexibility index (Phi) is 2.65. The summed E-state index contributed by atoms with van der Waals surface area (Å²) in [5.41, 5.74) is 2.36. The minimum absolute atomic E-state index is 0.138. The van der Waals surface area contributed by atoms with Gasteiger partial charge in [0.25, 0.3) is 5.89 Å². The van der Waals surface area contributed by atoms with E-state index in [4.69, 9.17) is 4.52 Å². The zero-order valence-corrected chi connectivity index (χ0v) is 11.4. The topological polar surface area (TPSA) is 84.9 Å². The number of benzene rings is 1. The maximum atomic E-state index is 9.69. The van der Waals surface area contributed by atoms with Gasteiger partial charge in [-0.3, -0.25) is 9.97 Å². The van der Waals surface area contributed by atoms with E-state index in [2.05, 4.69) is 20.1 Å². The Labute approximate surface area is 122 Å². The molecule has 1 N–H and O–H groups in total. The fraction of sp³-hybridized carbons (Fsp3) is 0. The molecule has 0 bridgehead atoms. The Hall–Kier alpha value is -2.80. The molecule has 1 aromatic carbocycles. The molecule has 0 saturated carbocycles. The summed E-state index contributed by atoms with van der Waals surface area (Å²) in [4.78, 5) is 13.3. The number of fused-ring (bicyclic) bond motifs is 1. The number of thiophene rings is 1. The average molecular weight is 296 g/mol. The second-order valence-electron chi connectivity index (χ2n) is 4.32. The second-order valence-corrected chi connectivity index (χ2v) is 5.23. The summed E-state index contributed by atoms with van der Waals surface area (Å²) in [5, 5.41) is 15.4. The summed E-state index contributed by atoms with van der Waals surface area (Å²) in [5.74, 6) is 0.890. The molecule has 4 rings (SSSR count). The van der Waals surface area contributed by atoms with Crippen molar-refractivity contribution in [2.24, 2.45) is 0 Å². The highest BCUT2D eigenvalue weighted by Crippen LogP contribution is 2.34. The van der Waals surface area contributed by atoms with Gasteiger partial charge in [0.15, 0.2) is 0 Å². The van der Waals surface area contributed by atoms with Gasteiger partial charge in [-0.15, -0.1) is 11.3 Å². The summed E-state index contributed by atoms with van der Waals surface area (Å²) in [6.45, 7) is 0. The van der Waals surface area contributed by atoms with E-state index in [1.807, 2.05) is 18.2 Å². The number of aromatic nitrogens is 4. The first kappa shape index (κ1) is 12.0. The third-order valence-electron chi connectivity index (χ3n) is 2.99. The van der Waals surface area contributed by atoms with Crippen molar-refractivity contribution >= 4 is 22.4 Å². The van der Waals surface area contributed by atoms with Crippen LogP contribution in [0.1, 0.15) is 0 Å². The van der Waals surface area contributed by atoms with Crippen LogP contribution in [0, 0.1) is 0 Å².